The Bertz CT molecular complexity index is 1890. The summed E-state index contributed by atoms with van der Waals surface area (Å²) in [6, 6.07) is 20.5. The van der Waals surface area contributed by atoms with Crippen LogP contribution in [0.15, 0.2) is 83.9 Å². The number of carbonyl (C=O) groups is 1. The molecule has 3 aromatic carbocycles. The van der Waals surface area contributed by atoms with Gasteiger partial charge in [0.1, 0.15) is 0 Å². The zero-order valence-corrected chi connectivity index (χ0v) is 22.3. The summed E-state index contributed by atoms with van der Waals surface area (Å²) in [5, 5.41) is 3.57. The van der Waals surface area contributed by atoms with E-state index in [0.29, 0.717) is 45.0 Å². The third-order valence-electron chi connectivity index (χ3n) is 6.32. The minimum absolute atomic E-state index is 0.00526. The fourth-order valence-corrected chi connectivity index (χ4v) is 5.28. The van der Waals surface area contributed by atoms with Crippen LogP contribution in [0.4, 0.5) is 11.6 Å². The van der Waals surface area contributed by atoms with Crippen LogP contribution in [0.5, 0.6) is 11.5 Å². The van der Waals surface area contributed by atoms with E-state index in [-0.39, 0.29) is 23.5 Å². The molecule has 0 saturated carbocycles. The molecule has 0 atom stereocenters. The molecule has 200 valence electrons. The summed E-state index contributed by atoms with van der Waals surface area (Å²) in [5.74, 6) is 0.899. The van der Waals surface area contributed by atoms with Crippen LogP contribution in [0.1, 0.15) is 21.6 Å². The monoisotopic (exact) mass is 553 g/mol. The number of hydrogen-bond acceptors (Lipinski definition) is 8. The summed E-state index contributed by atoms with van der Waals surface area (Å²) in [4.78, 5) is 26.3. The van der Waals surface area contributed by atoms with Gasteiger partial charge in [0.25, 0.3) is 15.9 Å². The summed E-state index contributed by atoms with van der Waals surface area (Å²) in [6.45, 7) is 3.84. The van der Waals surface area contributed by atoms with Crippen molar-refractivity contribution in [2.45, 2.75) is 18.7 Å². The van der Waals surface area contributed by atoms with Crippen LogP contribution in [0, 0.1) is 13.8 Å². The molecular weight excluding hydrogens is 530 g/mol. The second-order valence-corrected chi connectivity index (χ2v) is 10.9. The molecule has 5 aromatic rings. The van der Waals surface area contributed by atoms with Crippen LogP contribution in [0.3, 0.4) is 0 Å². The smallest absolute Gasteiger partial charge is 0.264 e. The number of nitrogens with one attached hydrogen (secondary N) is 2. The van der Waals surface area contributed by atoms with Crippen molar-refractivity contribution in [3.05, 3.63) is 95.8 Å². The van der Waals surface area contributed by atoms with Gasteiger partial charge in [-0.3, -0.25) is 4.79 Å². The van der Waals surface area contributed by atoms with Crippen molar-refractivity contribution in [3.8, 4) is 22.8 Å². The van der Waals surface area contributed by atoms with Gasteiger partial charge in [0.15, 0.2) is 11.5 Å². The molecule has 0 spiro atoms. The maximum Gasteiger partial charge on any atom is 0.264 e. The molecule has 0 bridgehead atoms. The number of carbonyl (C=O) groups excluding carboxylic acids is 1. The lowest BCUT2D eigenvalue weighted by molar-refractivity contribution is 0.102. The molecule has 1 aliphatic heterocycles. The number of ether oxygens (including phenoxy) is 2. The Kier molecular flexibility index (Phi) is 6.27. The van der Waals surface area contributed by atoms with E-state index in [0.717, 1.165) is 11.1 Å². The Morgan fingerprint density at radius 1 is 0.875 bits per heavy atom. The molecule has 0 aliphatic carbocycles. The Balaban J connectivity index is 1.29. The number of sulfonamides is 1. The lowest BCUT2D eigenvalue weighted by Gasteiger charge is -2.12. The fraction of sp³-hybridized carbons (Fsp3) is 0.103. The third-order valence-corrected chi connectivity index (χ3v) is 7.66. The predicted molar refractivity (Wildman–Crippen MR) is 150 cm³/mol. The molecule has 2 N–H and O–H groups in total. The second-order valence-electron chi connectivity index (χ2n) is 9.25. The Morgan fingerprint density at radius 3 is 2.48 bits per heavy atom. The highest BCUT2D eigenvalue weighted by Crippen LogP contribution is 2.36. The molecule has 1 amide bonds. The molecule has 0 saturated heterocycles. The van der Waals surface area contributed by atoms with Crippen LogP contribution >= 0.6 is 0 Å². The fourth-order valence-electron chi connectivity index (χ4n) is 4.32. The Morgan fingerprint density at radius 2 is 1.68 bits per heavy atom. The van der Waals surface area contributed by atoms with Gasteiger partial charge in [0.05, 0.1) is 21.7 Å². The van der Waals surface area contributed by atoms with Crippen molar-refractivity contribution in [2.24, 2.45) is 0 Å². The zero-order valence-electron chi connectivity index (χ0n) is 21.5. The normalized spacial score (nSPS) is 12.3. The van der Waals surface area contributed by atoms with E-state index < -0.39 is 10.0 Å². The second kappa shape index (κ2) is 9.93. The van der Waals surface area contributed by atoms with Gasteiger partial charge in [-0.05, 0) is 80.6 Å². The van der Waals surface area contributed by atoms with Gasteiger partial charge in [-0.1, -0.05) is 11.6 Å². The summed E-state index contributed by atoms with van der Waals surface area (Å²) in [7, 11) is -3.92. The first-order valence-corrected chi connectivity index (χ1v) is 13.8. The third kappa shape index (κ3) is 5.02. The maximum atomic E-state index is 13.5. The van der Waals surface area contributed by atoms with Crippen molar-refractivity contribution < 1.29 is 22.7 Å². The van der Waals surface area contributed by atoms with E-state index in [9.17, 15) is 13.2 Å². The summed E-state index contributed by atoms with van der Waals surface area (Å²) in [6.07, 6.45) is 1.47. The number of hydrogen-bond donors (Lipinski definition) is 2. The number of anilines is 2. The molecule has 3 heterocycles. The molecule has 40 heavy (non-hydrogen) atoms. The van der Waals surface area contributed by atoms with E-state index in [2.05, 4.69) is 20.0 Å². The lowest BCUT2D eigenvalue weighted by Crippen LogP contribution is -2.16. The number of pyridine rings is 1. The van der Waals surface area contributed by atoms with Crippen LogP contribution in [0.25, 0.3) is 22.2 Å². The minimum atomic E-state index is -3.92. The van der Waals surface area contributed by atoms with Gasteiger partial charge in [0, 0.05) is 28.5 Å². The van der Waals surface area contributed by atoms with Crippen molar-refractivity contribution in [3.63, 3.8) is 0 Å². The SMILES string of the molecule is Cc1ccc2nc(-c3ccc4c(c3)OCO4)cc(C(=O)Nc3ccc(S(=O)(=O)Nc4nccc(C)n4)cc3)c2c1. The van der Waals surface area contributed by atoms with Crippen LogP contribution in [0.2, 0.25) is 0 Å². The van der Waals surface area contributed by atoms with Crippen LogP contribution in [-0.2, 0) is 10.0 Å². The first-order valence-electron chi connectivity index (χ1n) is 12.3. The molecule has 0 unspecified atom stereocenters. The van der Waals surface area contributed by atoms with Gasteiger partial charge in [0.2, 0.25) is 12.7 Å². The van der Waals surface area contributed by atoms with E-state index in [1.807, 2.05) is 43.3 Å². The first kappa shape index (κ1) is 25.3. The van der Waals surface area contributed by atoms with Gasteiger partial charge in [-0.25, -0.2) is 28.1 Å². The number of rotatable bonds is 6. The van der Waals surface area contributed by atoms with E-state index >= 15 is 0 Å². The number of aryl methyl sites for hydroxylation is 2. The molecule has 11 heteroatoms. The number of benzene rings is 3. The standard InChI is InChI=1S/C29H23N5O5S/c1-17-3-9-24-22(13-17)23(15-25(33-24)19-4-10-26-27(14-19)39-16-38-26)28(35)32-20-5-7-21(8-6-20)40(36,37)34-29-30-12-11-18(2)31-29/h3-15H,16H2,1-2H3,(H,32,35)(H,30,31,34). The van der Waals surface area contributed by atoms with Crippen molar-refractivity contribution >= 4 is 38.5 Å². The molecule has 2 aromatic heterocycles. The Hall–Kier alpha value is -5.03. The predicted octanol–water partition coefficient (Wildman–Crippen LogP) is 5.09. The minimum Gasteiger partial charge on any atom is -0.454 e. The highest BCUT2D eigenvalue weighted by Gasteiger charge is 2.19. The molecule has 6 rings (SSSR count). The largest absolute Gasteiger partial charge is 0.454 e. The highest BCUT2D eigenvalue weighted by atomic mass is 32.2. The van der Waals surface area contributed by atoms with Gasteiger partial charge in [-0.2, -0.15) is 0 Å². The lowest BCUT2D eigenvalue weighted by atomic mass is 10.0. The highest BCUT2D eigenvalue weighted by molar-refractivity contribution is 7.92. The van der Waals surface area contributed by atoms with Gasteiger partial charge < -0.3 is 14.8 Å². The molecule has 1 aliphatic rings. The molecule has 0 radical (unpaired) electrons. The molecule has 10 nitrogen and oxygen atoms in total. The first-order chi connectivity index (χ1) is 19.2. The number of amides is 1. The zero-order chi connectivity index (χ0) is 27.9. The number of aromatic nitrogens is 3. The Labute approximate surface area is 230 Å². The van der Waals surface area contributed by atoms with Crippen LogP contribution < -0.4 is 19.5 Å². The number of nitrogens with zero attached hydrogens (tertiary/aromatic N) is 3. The van der Waals surface area contributed by atoms with E-state index in [4.69, 9.17) is 14.5 Å². The van der Waals surface area contributed by atoms with E-state index in [1.165, 1.54) is 30.5 Å². The summed E-state index contributed by atoms with van der Waals surface area (Å²) in [5.41, 5.74) is 4.52. The average Bonchev–Trinajstić information content (AvgIpc) is 3.41. The molecular formula is C29H23N5O5S. The van der Waals surface area contributed by atoms with Gasteiger partial charge >= 0.3 is 0 Å². The topological polar surface area (TPSA) is 132 Å². The summed E-state index contributed by atoms with van der Waals surface area (Å²) >= 11 is 0. The van der Waals surface area contributed by atoms with E-state index in [1.54, 1.807) is 19.1 Å². The van der Waals surface area contributed by atoms with Crippen molar-refractivity contribution in [1.82, 2.24) is 15.0 Å². The maximum absolute atomic E-state index is 13.5. The number of fused-ring (bicyclic) bond motifs is 2. The van der Waals surface area contributed by atoms with Gasteiger partial charge in [-0.15, -0.1) is 0 Å². The van der Waals surface area contributed by atoms with Crippen LogP contribution in [-0.4, -0.2) is 36.1 Å². The van der Waals surface area contributed by atoms with Crippen molar-refractivity contribution in [2.75, 3.05) is 16.8 Å². The quantitative estimate of drug-likeness (QED) is 0.297. The summed E-state index contributed by atoms with van der Waals surface area (Å²) < 4.78 is 38.9. The van der Waals surface area contributed by atoms with Crippen molar-refractivity contribution in [1.29, 1.82) is 0 Å². The average molecular weight is 554 g/mol. The molecule has 0 fully saturated rings.